The van der Waals surface area contributed by atoms with Crippen LogP contribution in [-0.4, -0.2) is 6.71 Å². The van der Waals surface area contributed by atoms with Gasteiger partial charge in [-0.05, 0) is 165 Å². The predicted molar refractivity (Wildman–Crippen MR) is 287 cm³/mol. The lowest BCUT2D eigenvalue weighted by Crippen LogP contribution is -2.60. The van der Waals surface area contributed by atoms with E-state index in [0.29, 0.717) is 0 Å². The second kappa shape index (κ2) is 14.5. The fourth-order valence-corrected chi connectivity index (χ4v) is 12.6. The molecule has 0 bridgehead atoms. The quantitative estimate of drug-likeness (QED) is 0.163. The zero-order valence-corrected chi connectivity index (χ0v) is 42.9. The second-order valence-electron chi connectivity index (χ2n) is 24.4. The zero-order chi connectivity index (χ0) is 46.5. The third kappa shape index (κ3) is 7.03. The van der Waals surface area contributed by atoms with E-state index in [2.05, 4.69) is 224 Å². The smallest absolute Gasteiger partial charge is 0.264 e. The lowest BCUT2D eigenvalue weighted by atomic mass is 9.36. The number of nitrogens with zero attached hydrogens (tertiary/aromatic N) is 2. The molecule has 2 nitrogen and oxygen atoms in total. The number of fused-ring (bicyclic) bond motifs is 7. The molecule has 3 aliphatic rings. The highest BCUT2D eigenvalue weighted by Crippen LogP contribution is 2.54. The number of rotatable bonds is 3. The molecule has 0 radical (unpaired) electrons. The summed E-state index contributed by atoms with van der Waals surface area (Å²) in [4.78, 5) is 5.34. The van der Waals surface area contributed by atoms with Gasteiger partial charge in [0.1, 0.15) is 0 Å². The topological polar surface area (TPSA) is 6.48 Å². The highest BCUT2D eigenvalue weighted by molar-refractivity contribution is 7.33. The maximum absolute atomic E-state index is 2.70. The Kier molecular flexibility index (Phi) is 9.76. The monoisotopic (exact) mass is 873 g/mol. The van der Waals surface area contributed by atoms with Gasteiger partial charge in [0.25, 0.3) is 6.71 Å². The standard InChI is InChI=1S/C61H69BN2S/c1-36-17-18-38(3)44(29-36)45-34-46-47(61(15,16)28-27-60(46,13)14)35-50(45)64-49-26-22-40(58(7,8)9)32-48(49)62-54-51(30-37(2)31-52(54)64)63(42-23-19-39(20-24-42)57(4,5)6)55-43-25-21-41(59(10,11)12)33-53(43)65-56(55)62/h17-26,29-35H,27-28H2,1-16H3. The van der Waals surface area contributed by atoms with E-state index < -0.39 is 0 Å². The molecule has 0 N–H and O–H groups in total. The van der Waals surface area contributed by atoms with E-state index in [4.69, 9.17) is 0 Å². The van der Waals surface area contributed by atoms with E-state index in [1.807, 2.05) is 11.3 Å². The minimum absolute atomic E-state index is 0.0262. The largest absolute Gasteiger partial charge is 0.311 e. The van der Waals surface area contributed by atoms with Gasteiger partial charge in [-0.1, -0.05) is 150 Å². The van der Waals surface area contributed by atoms with E-state index >= 15 is 0 Å². The lowest BCUT2D eigenvalue weighted by Gasteiger charge is -2.46. The van der Waals surface area contributed by atoms with Crippen LogP contribution in [0.2, 0.25) is 0 Å². The number of hydrogen-bond acceptors (Lipinski definition) is 3. The van der Waals surface area contributed by atoms with Crippen LogP contribution in [0.1, 0.15) is 147 Å². The maximum atomic E-state index is 2.70. The summed E-state index contributed by atoms with van der Waals surface area (Å²) in [5, 5.41) is 1.33. The van der Waals surface area contributed by atoms with Gasteiger partial charge in [0, 0.05) is 43.2 Å². The van der Waals surface area contributed by atoms with Crippen molar-refractivity contribution in [2.24, 2.45) is 0 Å². The van der Waals surface area contributed by atoms with Crippen molar-refractivity contribution < 1.29 is 0 Å². The Morgan fingerprint density at radius 3 is 1.71 bits per heavy atom. The van der Waals surface area contributed by atoms with Crippen molar-refractivity contribution in [3.05, 3.63) is 148 Å². The van der Waals surface area contributed by atoms with Gasteiger partial charge in [-0.3, -0.25) is 0 Å². The van der Waals surface area contributed by atoms with Gasteiger partial charge in [-0.15, -0.1) is 11.3 Å². The van der Waals surface area contributed by atoms with Crippen LogP contribution in [0, 0.1) is 20.8 Å². The summed E-state index contributed by atoms with van der Waals surface area (Å²) in [5.41, 5.74) is 24.2. The van der Waals surface area contributed by atoms with Crippen molar-refractivity contribution in [1.29, 1.82) is 0 Å². The van der Waals surface area contributed by atoms with Crippen molar-refractivity contribution in [3.8, 4) is 11.1 Å². The van der Waals surface area contributed by atoms with Crippen molar-refractivity contribution in [2.75, 3.05) is 9.80 Å². The first-order valence-electron chi connectivity index (χ1n) is 24.2. The van der Waals surface area contributed by atoms with Gasteiger partial charge >= 0.3 is 0 Å². The molecule has 1 aliphatic carbocycles. The Morgan fingerprint density at radius 1 is 0.508 bits per heavy atom. The molecule has 2 aliphatic heterocycles. The van der Waals surface area contributed by atoms with Gasteiger partial charge < -0.3 is 9.80 Å². The molecule has 3 heterocycles. The molecule has 4 heteroatoms. The number of aryl methyl sites for hydroxylation is 3. The summed E-state index contributed by atoms with van der Waals surface area (Å²) in [6.07, 6.45) is 2.34. The first kappa shape index (κ1) is 43.8. The summed E-state index contributed by atoms with van der Waals surface area (Å²) in [6, 6.07) is 41.5. The summed E-state index contributed by atoms with van der Waals surface area (Å²) in [6.45, 7) is 37.9. The van der Waals surface area contributed by atoms with Crippen molar-refractivity contribution in [2.45, 2.75) is 151 Å². The van der Waals surface area contributed by atoms with Gasteiger partial charge in [0.2, 0.25) is 0 Å². The Hall–Kier alpha value is -5.06. The van der Waals surface area contributed by atoms with Gasteiger partial charge in [0.15, 0.2) is 0 Å². The van der Waals surface area contributed by atoms with E-state index in [0.717, 1.165) is 6.42 Å². The number of thiophene rings is 1. The minimum atomic E-state index is -0.0262. The fraction of sp³-hybridized carbons (Fsp3) is 0.377. The zero-order valence-electron chi connectivity index (χ0n) is 42.1. The van der Waals surface area contributed by atoms with Gasteiger partial charge in [-0.2, -0.15) is 0 Å². The Morgan fingerprint density at radius 2 is 1.08 bits per heavy atom. The molecule has 1 aromatic heterocycles. The molecule has 10 rings (SSSR count). The van der Waals surface area contributed by atoms with E-state index in [-0.39, 0.29) is 33.8 Å². The van der Waals surface area contributed by atoms with E-state index in [1.165, 1.54) is 122 Å². The van der Waals surface area contributed by atoms with Crippen LogP contribution in [0.3, 0.4) is 0 Å². The van der Waals surface area contributed by atoms with Crippen LogP contribution in [0.5, 0.6) is 0 Å². The Bertz CT molecular complexity index is 3080. The first-order valence-corrected chi connectivity index (χ1v) is 25.0. The maximum Gasteiger partial charge on any atom is 0.264 e. The van der Waals surface area contributed by atoms with Crippen LogP contribution in [-0.2, 0) is 27.1 Å². The SMILES string of the molecule is Cc1ccc(C)c(-c2cc3c(cc2N2c4ccc(C(C)(C)C)cc4B4c5sc6cc(C(C)(C)C)ccc6c5N(c5ccc(C(C)(C)C)cc5)c5cc(C)cc2c54)C(C)(C)CCC3(C)C)c1. The minimum Gasteiger partial charge on any atom is -0.311 e. The van der Waals surface area contributed by atoms with Crippen LogP contribution in [0.25, 0.3) is 21.2 Å². The third-order valence-corrected chi connectivity index (χ3v) is 16.6. The molecule has 0 unspecified atom stereocenters. The molecular weight excluding hydrogens is 804 g/mol. The molecule has 0 fully saturated rings. The van der Waals surface area contributed by atoms with Crippen LogP contribution in [0.4, 0.5) is 34.1 Å². The molecule has 0 amide bonds. The molecule has 0 saturated carbocycles. The molecule has 7 aromatic rings. The number of anilines is 6. The third-order valence-electron chi connectivity index (χ3n) is 15.4. The molecule has 0 saturated heterocycles. The Labute approximate surface area is 395 Å². The van der Waals surface area contributed by atoms with Crippen molar-refractivity contribution >= 4 is 78.0 Å². The fourth-order valence-electron chi connectivity index (χ4n) is 11.2. The highest BCUT2D eigenvalue weighted by Gasteiger charge is 2.47. The van der Waals surface area contributed by atoms with E-state index in [9.17, 15) is 0 Å². The molecule has 0 atom stereocenters. The van der Waals surface area contributed by atoms with Gasteiger partial charge in [0.05, 0.1) is 11.4 Å². The highest BCUT2D eigenvalue weighted by atomic mass is 32.1. The summed E-state index contributed by atoms with van der Waals surface area (Å²) >= 11 is 2.01. The lowest BCUT2D eigenvalue weighted by molar-refractivity contribution is 0.332. The van der Waals surface area contributed by atoms with Crippen molar-refractivity contribution in [3.63, 3.8) is 0 Å². The van der Waals surface area contributed by atoms with Crippen molar-refractivity contribution in [1.82, 2.24) is 0 Å². The number of benzene rings is 6. The number of hydrogen-bond donors (Lipinski definition) is 0. The summed E-state index contributed by atoms with van der Waals surface area (Å²) in [5.74, 6) is 0. The van der Waals surface area contributed by atoms with Crippen LogP contribution in [0.15, 0.2) is 103 Å². The van der Waals surface area contributed by atoms with Gasteiger partial charge in [-0.25, -0.2) is 0 Å². The first-order chi connectivity index (χ1) is 30.3. The second-order valence-corrected chi connectivity index (χ2v) is 25.5. The van der Waals surface area contributed by atoms with E-state index in [1.54, 1.807) is 0 Å². The molecular formula is C61H69BN2S. The predicted octanol–water partition coefficient (Wildman–Crippen LogP) is 15.8. The average molecular weight is 873 g/mol. The average Bonchev–Trinajstić information content (AvgIpc) is 3.60. The summed E-state index contributed by atoms with van der Waals surface area (Å²) in [7, 11) is 0. The van der Waals surface area contributed by atoms with Crippen LogP contribution < -0.4 is 25.5 Å². The molecule has 65 heavy (non-hydrogen) atoms. The Balaban J connectivity index is 1.35. The molecule has 6 aromatic carbocycles. The van der Waals surface area contributed by atoms with Crippen LogP contribution >= 0.6 is 11.3 Å². The normalized spacial score (nSPS) is 16.3. The molecule has 0 spiro atoms. The molecule has 332 valence electrons. The summed E-state index contributed by atoms with van der Waals surface area (Å²) < 4.78 is 2.79.